The number of anilines is 1. The SMILES string of the molecule is C1CCNC1.Cc1cc(N)ccc1OS(=O)(=O)O. The van der Waals surface area contributed by atoms with Gasteiger partial charge in [-0.25, -0.2) is 0 Å². The van der Waals surface area contributed by atoms with Crippen LogP contribution in [-0.2, 0) is 10.4 Å². The minimum atomic E-state index is -4.45. The predicted molar refractivity (Wildman–Crippen MR) is 69.9 cm³/mol. The van der Waals surface area contributed by atoms with Gasteiger partial charge in [-0.1, -0.05) is 0 Å². The van der Waals surface area contributed by atoms with Gasteiger partial charge in [0.05, 0.1) is 0 Å². The topological polar surface area (TPSA) is 102 Å². The molecule has 18 heavy (non-hydrogen) atoms. The quantitative estimate of drug-likeness (QED) is 0.552. The summed E-state index contributed by atoms with van der Waals surface area (Å²) in [5, 5.41) is 3.22. The van der Waals surface area contributed by atoms with Crippen LogP contribution in [0.1, 0.15) is 18.4 Å². The largest absolute Gasteiger partial charge is 0.446 e. The first kappa shape index (κ1) is 14.7. The van der Waals surface area contributed by atoms with Crippen molar-refractivity contribution in [1.82, 2.24) is 5.32 Å². The number of benzene rings is 1. The second-order valence-electron chi connectivity index (χ2n) is 3.99. The zero-order valence-electron chi connectivity index (χ0n) is 10.2. The first-order valence-electron chi connectivity index (χ1n) is 5.62. The minimum absolute atomic E-state index is 0.0664. The Balaban J connectivity index is 0.000000269. The maximum absolute atomic E-state index is 10.3. The van der Waals surface area contributed by atoms with Crippen molar-refractivity contribution < 1.29 is 17.2 Å². The van der Waals surface area contributed by atoms with E-state index in [9.17, 15) is 8.42 Å². The molecule has 1 heterocycles. The number of nitrogen functional groups attached to an aromatic ring is 1. The molecular formula is C11H18N2O4S. The molecule has 7 heteroatoms. The van der Waals surface area contributed by atoms with Gasteiger partial charge >= 0.3 is 10.4 Å². The van der Waals surface area contributed by atoms with E-state index in [1.54, 1.807) is 13.0 Å². The number of hydrogen-bond acceptors (Lipinski definition) is 5. The van der Waals surface area contributed by atoms with Crippen LogP contribution in [0.3, 0.4) is 0 Å². The molecule has 1 saturated heterocycles. The van der Waals surface area contributed by atoms with E-state index < -0.39 is 10.4 Å². The summed E-state index contributed by atoms with van der Waals surface area (Å²) in [7, 11) is -4.45. The molecule has 0 bridgehead atoms. The Kier molecular flexibility index (Phi) is 5.39. The molecule has 2 rings (SSSR count). The molecule has 0 amide bonds. The van der Waals surface area contributed by atoms with Crippen LogP contribution < -0.4 is 15.2 Å². The minimum Gasteiger partial charge on any atom is -0.399 e. The third-order valence-corrected chi connectivity index (χ3v) is 2.74. The van der Waals surface area contributed by atoms with E-state index in [1.165, 1.54) is 38.1 Å². The maximum atomic E-state index is 10.3. The van der Waals surface area contributed by atoms with Crippen LogP contribution >= 0.6 is 0 Å². The lowest BCUT2D eigenvalue weighted by molar-refractivity contribution is 0.386. The third-order valence-electron chi connectivity index (χ3n) is 2.35. The molecule has 1 aliphatic heterocycles. The van der Waals surface area contributed by atoms with Gasteiger partial charge in [-0.15, -0.1) is 0 Å². The fourth-order valence-electron chi connectivity index (χ4n) is 1.50. The van der Waals surface area contributed by atoms with E-state index in [0.29, 0.717) is 11.3 Å². The highest BCUT2D eigenvalue weighted by Crippen LogP contribution is 2.21. The van der Waals surface area contributed by atoms with Crippen LogP contribution in [0.4, 0.5) is 5.69 Å². The van der Waals surface area contributed by atoms with E-state index in [1.807, 2.05) is 0 Å². The number of aryl methyl sites for hydroxylation is 1. The van der Waals surface area contributed by atoms with E-state index in [-0.39, 0.29) is 5.75 Å². The molecule has 0 aliphatic carbocycles. The van der Waals surface area contributed by atoms with E-state index >= 15 is 0 Å². The first-order valence-corrected chi connectivity index (χ1v) is 6.99. The van der Waals surface area contributed by atoms with Crippen molar-refractivity contribution in [3.8, 4) is 5.75 Å². The molecule has 6 nitrogen and oxygen atoms in total. The van der Waals surface area contributed by atoms with E-state index in [0.717, 1.165) is 0 Å². The number of hydrogen-bond donors (Lipinski definition) is 3. The summed E-state index contributed by atoms with van der Waals surface area (Å²) in [4.78, 5) is 0. The Morgan fingerprint density at radius 2 is 1.94 bits per heavy atom. The molecule has 1 aliphatic rings. The molecule has 0 atom stereocenters. The smallest absolute Gasteiger partial charge is 0.399 e. The zero-order valence-corrected chi connectivity index (χ0v) is 11.0. The summed E-state index contributed by atoms with van der Waals surface area (Å²) in [6, 6.07) is 4.40. The Labute approximate surface area is 107 Å². The van der Waals surface area contributed by atoms with Crippen LogP contribution in [-0.4, -0.2) is 26.1 Å². The van der Waals surface area contributed by atoms with Crippen molar-refractivity contribution in [3.05, 3.63) is 23.8 Å². The average Bonchev–Trinajstić information content (AvgIpc) is 2.79. The van der Waals surface area contributed by atoms with Crippen molar-refractivity contribution in [2.24, 2.45) is 0 Å². The Morgan fingerprint density at radius 3 is 2.33 bits per heavy atom. The Hall–Kier alpha value is -1.31. The van der Waals surface area contributed by atoms with Gasteiger partial charge in [0.25, 0.3) is 0 Å². The van der Waals surface area contributed by atoms with Gasteiger partial charge in [-0.2, -0.15) is 8.42 Å². The zero-order chi connectivity index (χ0) is 13.6. The lowest BCUT2D eigenvalue weighted by atomic mass is 10.2. The van der Waals surface area contributed by atoms with Gasteiger partial charge < -0.3 is 15.2 Å². The van der Waals surface area contributed by atoms with Gasteiger partial charge in [-0.3, -0.25) is 4.55 Å². The molecule has 0 radical (unpaired) electrons. The lowest BCUT2D eigenvalue weighted by Crippen LogP contribution is -2.07. The first-order chi connectivity index (χ1) is 8.38. The van der Waals surface area contributed by atoms with E-state index in [2.05, 4.69) is 9.50 Å². The third kappa shape index (κ3) is 5.85. The summed E-state index contributed by atoms with van der Waals surface area (Å²) < 4.78 is 33.3. The van der Waals surface area contributed by atoms with Crippen molar-refractivity contribution >= 4 is 16.1 Å². The standard InChI is InChI=1S/C7H9NO4S.C4H9N/c1-5-4-6(8)2-3-7(5)12-13(9,10)11;1-2-4-5-3-1/h2-4H,8H2,1H3,(H,9,10,11);5H,1-4H2. The summed E-state index contributed by atoms with van der Waals surface area (Å²) in [5.41, 5.74) is 6.46. The summed E-state index contributed by atoms with van der Waals surface area (Å²) in [5.74, 6) is 0.0664. The Morgan fingerprint density at radius 1 is 1.33 bits per heavy atom. The Bertz CT molecular complexity index is 476. The van der Waals surface area contributed by atoms with Crippen LogP contribution in [0.25, 0.3) is 0 Å². The molecule has 0 spiro atoms. The van der Waals surface area contributed by atoms with Gasteiger partial charge in [0.15, 0.2) is 0 Å². The van der Waals surface area contributed by atoms with Gasteiger partial charge in [-0.05, 0) is 56.6 Å². The summed E-state index contributed by atoms with van der Waals surface area (Å²) in [6.45, 7) is 4.12. The van der Waals surface area contributed by atoms with Crippen molar-refractivity contribution in [1.29, 1.82) is 0 Å². The summed E-state index contributed by atoms with van der Waals surface area (Å²) >= 11 is 0. The van der Waals surface area contributed by atoms with Crippen molar-refractivity contribution in [2.45, 2.75) is 19.8 Å². The van der Waals surface area contributed by atoms with Gasteiger partial charge in [0.1, 0.15) is 5.75 Å². The summed E-state index contributed by atoms with van der Waals surface area (Å²) in [6.07, 6.45) is 2.78. The number of rotatable bonds is 2. The maximum Gasteiger partial charge on any atom is 0.446 e. The molecule has 1 fully saturated rings. The van der Waals surface area contributed by atoms with Crippen LogP contribution in [0.2, 0.25) is 0 Å². The molecule has 0 unspecified atom stereocenters. The molecule has 4 N–H and O–H groups in total. The fraction of sp³-hybridized carbons (Fsp3) is 0.455. The molecule has 0 aromatic heterocycles. The molecular weight excluding hydrogens is 256 g/mol. The normalized spacial score (nSPS) is 14.8. The second-order valence-corrected chi connectivity index (χ2v) is 5.02. The number of nitrogens with one attached hydrogen (secondary N) is 1. The van der Waals surface area contributed by atoms with Crippen LogP contribution in [0.15, 0.2) is 18.2 Å². The second kappa shape index (κ2) is 6.58. The molecule has 1 aromatic rings. The highest BCUT2D eigenvalue weighted by molar-refractivity contribution is 7.81. The average molecular weight is 274 g/mol. The van der Waals surface area contributed by atoms with Gasteiger partial charge in [0.2, 0.25) is 0 Å². The van der Waals surface area contributed by atoms with E-state index in [4.69, 9.17) is 10.3 Å². The van der Waals surface area contributed by atoms with Crippen molar-refractivity contribution in [3.63, 3.8) is 0 Å². The monoisotopic (exact) mass is 274 g/mol. The molecule has 1 aromatic carbocycles. The van der Waals surface area contributed by atoms with Gasteiger partial charge in [0, 0.05) is 5.69 Å². The van der Waals surface area contributed by atoms with Crippen molar-refractivity contribution in [2.75, 3.05) is 18.8 Å². The number of nitrogens with two attached hydrogens (primary N) is 1. The van der Waals surface area contributed by atoms with Crippen LogP contribution in [0, 0.1) is 6.92 Å². The lowest BCUT2D eigenvalue weighted by Gasteiger charge is -2.04. The highest BCUT2D eigenvalue weighted by Gasteiger charge is 2.08. The fourth-order valence-corrected chi connectivity index (χ4v) is 1.92. The predicted octanol–water partition coefficient (Wildman–Crippen LogP) is 1.13. The molecule has 0 saturated carbocycles. The highest BCUT2D eigenvalue weighted by atomic mass is 32.3. The molecule has 102 valence electrons. The van der Waals surface area contributed by atoms with Crippen LogP contribution in [0.5, 0.6) is 5.75 Å².